The Kier molecular flexibility index (Phi) is 12.8. The van der Waals surface area contributed by atoms with Crippen molar-refractivity contribution in [2.75, 3.05) is 13.2 Å². The number of nitro groups is 1. The number of alkyl carbamates (subject to hydrolysis) is 1. The van der Waals surface area contributed by atoms with Crippen molar-refractivity contribution in [2.45, 2.75) is 140 Å². The Hall–Kier alpha value is -3.99. The molecule has 7 rings (SSSR count). The molecule has 2 heterocycles. The Morgan fingerprint density at radius 3 is 2.51 bits per heavy atom. The molecular formula is C44H59N3O12. The number of unbranched alkanes of at least 4 members (excludes halogenated alkanes) is 1. The molecule has 1 amide bonds. The molecule has 15 heteroatoms. The van der Waals surface area contributed by atoms with Crippen LogP contribution in [0.1, 0.15) is 108 Å². The van der Waals surface area contributed by atoms with Crippen molar-refractivity contribution in [1.82, 2.24) is 5.32 Å². The minimum atomic E-state index is -1.41. The van der Waals surface area contributed by atoms with Gasteiger partial charge in [0.2, 0.25) is 0 Å². The largest absolute Gasteiger partial charge is 0.445 e. The molecule has 1 aromatic heterocycles. The Morgan fingerprint density at radius 2 is 1.80 bits per heavy atom. The Bertz CT molecular complexity index is 1920. The number of non-ortho nitro benzene ring substituents is 1. The Morgan fingerprint density at radius 1 is 1.02 bits per heavy atom. The fourth-order valence-corrected chi connectivity index (χ4v) is 11.5. The van der Waals surface area contributed by atoms with Gasteiger partial charge in [0, 0.05) is 36.0 Å². The molecule has 322 valence electrons. The van der Waals surface area contributed by atoms with Crippen molar-refractivity contribution >= 4 is 17.6 Å². The van der Waals surface area contributed by atoms with Crippen molar-refractivity contribution in [3.63, 3.8) is 0 Å². The minimum absolute atomic E-state index is 0.0347. The van der Waals surface area contributed by atoms with E-state index in [-0.39, 0.29) is 65.5 Å². The van der Waals surface area contributed by atoms with Crippen LogP contribution >= 0.6 is 0 Å². The molecule has 2 aromatic rings. The number of ketones is 1. The number of nitrogens with two attached hydrogens (primary N) is 1. The average molecular weight is 822 g/mol. The molecule has 6 N–H and O–H groups in total. The highest BCUT2D eigenvalue weighted by molar-refractivity contribution is 5.87. The van der Waals surface area contributed by atoms with Gasteiger partial charge in [0.05, 0.1) is 41.6 Å². The molecule has 0 radical (unpaired) electrons. The van der Waals surface area contributed by atoms with Gasteiger partial charge in [-0.1, -0.05) is 25.5 Å². The number of benzene rings is 1. The number of rotatable bonds is 14. The van der Waals surface area contributed by atoms with E-state index in [0.717, 1.165) is 44.1 Å². The standard InChI is InChI=1S/C44H59N3O12/c1-42-17-14-31(22-29(42)9-12-34-33(42)15-18-43(2)32(16-19-44(34,43)53)27-8-13-37(49)56-24-27)59-40-39(51)38(50)28(25-57-40)21-36(48)35(5-3-4-20-45)46-41(52)58-23-26-6-10-30(11-7-26)47(54)55/h6-8,10-11,13,22,24,28,31-35,38-40,50-51,53H,3-5,9,12,14-21,23,25,45H2,1-2H3,(H,46,52)/t28-,31-,32+,33?,34?,35-,38-,39?,40+,42-,43+,44-/m0/s1. The summed E-state index contributed by atoms with van der Waals surface area (Å²) in [6.45, 7) is 4.76. The normalized spacial score (nSPS) is 35.7. The summed E-state index contributed by atoms with van der Waals surface area (Å²) < 4.78 is 22.8. The molecule has 0 bridgehead atoms. The summed E-state index contributed by atoms with van der Waals surface area (Å²) in [5.41, 5.74) is 6.76. The molecule has 15 nitrogen and oxygen atoms in total. The highest BCUT2D eigenvalue weighted by Crippen LogP contribution is 2.70. The van der Waals surface area contributed by atoms with Gasteiger partial charge in [-0.25, -0.2) is 9.59 Å². The van der Waals surface area contributed by atoms with E-state index in [2.05, 4.69) is 25.2 Å². The first-order chi connectivity index (χ1) is 28.2. The lowest BCUT2D eigenvalue weighted by Crippen LogP contribution is -2.60. The van der Waals surface area contributed by atoms with Crippen LogP contribution in [-0.4, -0.2) is 81.5 Å². The third-order valence-corrected chi connectivity index (χ3v) is 14.9. The summed E-state index contributed by atoms with van der Waals surface area (Å²) in [5, 5.41) is 48.6. The van der Waals surface area contributed by atoms with E-state index >= 15 is 0 Å². The summed E-state index contributed by atoms with van der Waals surface area (Å²) in [6, 6.07) is 7.98. The number of carbonyl (C=O) groups excluding carboxylic acids is 2. The molecule has 1 aliphatic heterocycles. The molecule has 4 fully saturated rings. The van der Waals surface area contributed by atoms with Crippen LogP contribution in [0.25, 0.3) is 0 Å². The number of allylic oxidation sites excluding steroid dienone is 1. The van der Waals surface area contributed by atoms with E-state index in [1.54, 1.807) is 6.26 Å². The number of Topliss-reactive ketones (excluding diaryl/α,β-unsaturated/α-hetero) is 1. The summed E-state index contributed by atoms with van der Waals surface area (Å²) in [4.78, 5) is 48.3. The van der Waals surface area contributed by atoms with Crippen LogP contribution < -0.4 is 16.7 Å². The summed E-state index contributed by atoms with van der Waals surface area (Å²) in [7, 11) is 0. The predicted molar refractivity (Wildman–Crippen MR) is 214 cm³/mol. The van der Waals surface area contributed by atoms with Gasteiger partial charge in [0.25, 0.3) is 5.69 Å². The van der Waals surface area contributed by atoms with Gasteiger partial charge in [0.1, 0.15) is 12.7 Å². The Labute approximate surface area is 343 Å². The number of fused-ring (bicyclic) bond motifs is 5. The summed E-state index contributed by atoms with van der Waals surface area (Å²) in [6.07, 6.45) is 6.72. The number of ether oxygens (including phenoxy) is 3. The number of hydrogen-bond donors (Lipinski definition) is 5. The second-order valence-electron chi connectivity index (χ2n) is 18.0. The van der Waals surface area contributed by atoms with Crippen molar-refractivity contribution in [3.05, 3.63) is 86.0 Å². The van der Waals surface area contributed by atoms with Crippen molar-refractivity contribution < 1.29 is 48.5 Å². The second kappa shape index (κ2) is 17.5. The zero-order valence-corrected chi connectivity index (χ0v) is 34.0. The van der Waals surface area contributed by atoms with E-state index in [1.165, 1.54) is 35.9 Å². The zero-order valence-electron chi connectivity index (χ0n) is 34.0. The molecule has 59 heavy (non-hydrogen) atoms. The van der Waals surface area contributed by atoms with Crippen LogP contribution in [0.4, 0.5) is 10.5 Å². The molecular weight excluding hydrogens is 762 g/mol. The van der Waals surface area contributed by atoms with Gasteiger partial charge in [-0.2, -0.15) is 0 Å². The maximum absolute atomic E-state index is 13.5. The molecule has 4 aliphatic carbocycles. The lowest BCUT2D eigenvalue weighted by Gasteiger charge is -2.62. The van der Waals surface area contributed by atoms with Crippen LogP contribution in [0.15, 0.2) is 63.5 Å². The molecule has 3 saturated carbocycles. The number of nitro benzene ring substituents is 1. The molecule has 3 unspecified atom stereocenters. The van der Waals surface area contributed by atoms with Gasteiger partial charge in [-0.05, 0) is 130 Å². The SMILES string of the molecule is C[C@]12CC[C@H](O[C@H]3OC[C@H](CC(=O)[C@H](CCCCN)NC(=O)OCc4ccc([N+](=O)[O-])cc4)[C@H](O)C3O)C=C1CCC1C2CC[C@]2(C)[C@@H](c3ccc(=O)oc3)CC[C@]12O. The first-order valence-electron chi connectivity index (χ1n) is 21.2. The number of amides is 1. The fourth-order valence-electron chi connectivity index (χ4n) is 11.5. The smallest absolute Gasteiger partial charge is 0.408 e. The number of hydrogen-bond acceptors (Lipinski definition) is 13. The molecule has 12 atom stereocenters. The lowest BCUT2D eigenvalue weighted by atomic mass is 9.45. The van der Waals surface area contributed by atoms with Gasteiger partial charge in [-0.15, -0.1) is 0 Å². The van der Waals surface area contributed by atoms with E-state index in [0.29, 0.717) is 50.1 Å². The van der Waals surface area contributed by atoms with E-state index in [1.807, 2.05) is 6.07 Å². The second-order valence-corrected chi connectivity index (χ2v) is 18.0. The summed E-state index contributed by atoms with van der Waals surface area (Å²) in [5.74, 6) is -0.531. The molecule has 1 saturated heterocycles. The van der Waals surface area contributed by atoms with Crippen molar-refractivity contribution in [1.29, 1.82) is 0 Å². The molecule has 1 aromatic carbocycles. The van der Waals surface area contributed by atoms with Crippen LogP contribution in [0.3, 0.4) is 0 Å². The van der Waals surface area contributed by atoms with Crippen LogP contribution in [0.5, 0.6) is 0 Å². The predicted octanol–water partition coefficient (Wildman–Crippen LogP) is 5.17. The zero-order chi connectivity index (χ0) is 42.1. The van der Waals surface area contributed by atoms with Crippen LogP contribution in [-0.2, 0) is 25.6 Å². The molecule has 5 aliphatic rings. The topological polar surface area (TPSA) is 234 Å². The lowest BCUT2D eigenvalue weighted by molar-refractivity contribution is -0.384. The highest BCUT2D eigenvalue weighted by atomic mass is 16.7. The van der Waals surface area contributed by atoms with E-state index in [9.17, 15) is 39.8 Å². The van der Waals surface area contributed by atoms with E-state index < -0.39 is 47.1 Å². The maximum Gasteiger partial charge on any atom is 0.408 e. The summed E-state index contributed by atoms with van der Waals surface area (Å²) >= 11 is 0. The first-order valence-corrected chi connectivity index (χ1v) is 21.2. The average Bonchev–Trinajstić information content (AvgIpc) is 3.50. The van der Waals surface area contributed by atoms with Gasteiger partial charge < -0.3 is 45.0 Å². The highest BCUT2D eigenvalue weighted by Gasteiger charge is 2.66. The van der Waals surface area contributed by atoms with E-state index in [4.69, 9.17) is 24.4 Å². The first kappa shape index (κ1) is 43.1. The Balaban J connectivity index is 0.933. The quantitative estimate of drug-likeness (QED) is 0.0717. The third kappa shape index (κ3) is 8.51. The van der Waals surface area contributed by atoms with Crippen molar-refractivity contribution in [2.24, 2.45) is 34.3 Å². The third-order valence-electron chi connectivity index (χ3n) is 14.9. The van der Waals surface area contributed by atoms with Crippen LogP contribution in [0, 0.1) is 38.7 Å². The van der Waals surface area contributed by atoms with Gasteiger partial charge in [0.15, 0.2) is 12.1 Å². The fraction of sp³-hybridized carbons (Fsp3) is 0.659. The number of aliphatic hydroxyl groups is 3. The number of carbonyl (C=O) groups is 2. The maximum atomic E-state index is 13.5. The van der Waals surface area contributed by atoms with Crippen molar-refractivity contribution in [3.8, 4) is 0 Å². The number of aliphatic hydroxyl groups excluding tert-OH is 2. The van der Waals surface area contributed by atoms with Gasteiger partial charge >= 0.3 is 11.7 Å². The number of nitrogens with one attached hydrogen (secondary N) is 1. The van der Waals surface area contributed by atoms with Crippen LogP contribution in [0.2, 0.25) is 0 Å². The monoisotopic (exact) mass is 821 g/mol. The van der Waals surface area contributed by atoms with Gasteiger partial charge in [-0.3, -0.25) is 14.9 Å². The minimum Gasteiger partial charge on any atom is -0.445 e. The number of nitrogens with zero attached hydrogens (tertiary/aromatic N) is 1. The molecule has 0 spiro atoms.